The highest BCUT2D eigenvalue weighted by Gasteiger charge is 2.29. The van der Waals surface area contributed by atoms with Gasteiger partial charge >= 0.3 is 0 Å². The first-order chi connectivity index (χ1) is 9.07. The van der Waals surface area contributed by atoms with E-state index in [2.05, 4.69) is 0 Å². The Bertz CT molecular complexity index is 515. The van der Waals surface area contributed by atoms with Crippen LogP contribution >= 0.6 is 11.3 Å². The Hall–Kier alpha value is -0.430. The third kappa shape index (κ3) is 3.18. The molecule has 2 heterocycles. The molecule has 1 fully saturated rings. The van der Waals surface area contributed by atoms with Crippen LogP contribution in [0, 0.1) is 6.92 Å². The average molecular weight is 302 g/mol. The molecular formula is C13H22N2O2S2. The van der Waals surface area contributed by atoms with Crippen LogP contribution in [-0.2, 0) is 16.6 Å². The molecule has 0 radical (unpaired) electrons. The number of thiophene rings is 1. The molecule has 6 heteroatoms. The van der Waals surface area contributed by atoms with E-state index in [1.54, 1.807) is 4.31 Å². The van der Waals surface area contributed by atoms with Crippen LogP contribution in [0.15, 0.2) is 10.3 Å². The molecule has 1 aromatic heterocycles. The number of hydrogen-bond donors (Lipinski definition) is 1. The van der Waals surface area contributed by atoms with Crippen molar-refractivity contribution >= 4 is 21.4 Å². The van der Waals surface area contributed by atoms with Crippen molar-refractivity contribution in [3.8, 4) is 0 Å². The molecule has 1 saturated heterocycles. The van der Waals surface area contributed by atoms with Crippen LogP contribution in [0.25, 0.3) is 0 Å². The summed E-state index contributed by atoms with van der Waals surface area (Å²) in [7, 11) is -3.37. The molecule has 19 heavy (non-hydrogen) atoms. The predicted octanol–water partition coefficient (Wildman–Crippen LogP) is 2.47. The first-order valence-electron chi connectivity index (χ1n) is 6.84. The summed E-state index contributed by atoms with van der Waals surface area (Å²) < 4.78 is 27.2. The minimum Gasteiger partial charge on any atom is -0.326 e. The first kappa shape index (κ1) is 15.0. The van der Waals surface area contributed by atoms with Crippen LogP contribution in [0.1, 0.15) is 42.5 Å². The number of sulfonamides is 1. The summed E-state index contributed by atoms with van der Waals surface area (Å²) in [6.07, 6.45) is 5.39. The van der Waals surface area contributed by atoms with E-state index < -0.39 is 10.0 Å². The van der Waals surface area contributed by atoms with Crippen molar-refractivity contribution in [2.75, 3.05) is 13.1 Å². The van der Waals surface area contributed by atoms with Gasteiger partial charge in [0, 0.05) is 24.5 Å². The maximum atomic E-state index is 12.8. The Morgan fingerprint density at radius 2 is 1.79 bits per heavy atom. The number of nitrogens with two attached hydrogens (primary N) is 1. The largest absolute Gasteiger partial charge is 0.326 e. The molecule has 0 aliphatic carbocycles. The van der Waals surface area contributed by atoms with E-state index in [9.17, 15) is 8.42 Å². The monoisotopic (exact) mass is 302 g/mol. The van der Waals surface area contributed by atoms with Gasteiger partial charge in [0.1, 0.15) is 4.90 Å². The van der Waals surface area contributed by atoms with Gasteiger partial charge in [-0.1, -0.05) is 19.3 Å². The van der Waals surface area contributed by atoms with E-state index in [4.69, 9.17) is 5.73 Å². The third-order valence-electron chi connectivity index (χ3n) is 3.59. The van der Waals surface area contributed by atoms with E-state index in [1.165, 1.54) is 17.8 Å². The van der Waals surface area contributed by atoms with Gasteiger partial charge < -0.3 is 5.73 Å². The summed E-state index contributed by atoms with van der Waals surface area (Å²) in [5.74, 6) is 0. The highest BCUT2D eigenvalue weighted by molar-refractivity contribution is 7.89. The Balaban J connectivity index is 2.31. The van der Waals surface area contributed by atoms with Crippen molar-refractivity contribution in [1.82, 2.24) is 4.31 Å². The van der Waals surface area contributed by atoms with Crippen molar-refractivity contribution in [3.05, 3.63) is 15.8 Å². The van der Waals surface area contributed by atoms with E-state index >= 15 is 0 Å². The van der Waals surface area contributed by atoms with Crippen molar-refractivity contribution in [2.45, 2.75) is 50.5 Å². The van der Waals surface area contributed by atoms with E-state index in [-0.39, 0.29) is 0 Å². The number of nitrogens with zero attached hydrogens (tertiary/aromatic N) is 1. The molecule has 1 aliphatic rings. The van der Waals surface area contributed by atoms with Crippen molar-refractivity contribution in [3.63, 3.8) is 0 Å². The van der Waals surface area contributed by atoms with Gasteiger partial charge in [0.05, 0.1) is 0 Å². The lowest BCUT2D eigenvalue weighted by Crippen LogP contribution is -2.34. The third-order valence-corrected chi connectivity index (χ3v) is 6.97. The van der Waals surface area contributed by atoms with Crippen LogP contribution in [0.2, 0.25) is 0 Å². The molecule has 2 rings (SSSR count). The van der Waals surface area contributed by atoms with Gasteiger partial charge in [-0.25, -0.2) is 8.42 Å². The van der Waals surface area contributed by atoms with Crippen LogP contribution in [-0.4, -0.2) is 25.8 Å². The summed E-state index contributed by atoms with van der Waals surface area (Å²) in [4.78, 5) is 1.24. The smallest absolute Gasteiger partial charge is 0.244 e. The van der Waals surface area contributed by atoms with Crippen LogP contribution in [0.3, 0.4) is 0 Å². The second kappa shape index (κ2) is 6.35. The zero-order chi connectivity index (χ0) is 13.9. The van der Waals surface area contributed by atoms with Gasteiger partial charge in [-0.2, -0.15) is 4.31 Å². The van der Waals surface area contributed by atoms with Crippen molar-refractivity contribution in [2.24, 2.45) is 5.73 Å². The molecule has 4 nitrogen and oxygen atoms in total. The Morgan fingerprint density at radius 1 is 1.21 bits per heavy atom. The Morgan fingerprint density at radius 3 is 2.37 bits per heavy atom. The molecule has 2 N–H and O–H groups in total. The summed E-state index contributed by atoms with van der Waals surface area (Å²) in [5.41, 5.74) is 6.50. The Kier molecular flexibility index (Phi) is 5.00. The standard InChI is InChI=1S/C13H22N2O2S2/c1-11-10-18-12(9-14)13(11)19(16,17)15-7-5-3-2-4-6-8-15/h10H,2-9,14H2,1H3. The second-order valence-corrected chi connectivity index (χ2v) is 7.89. The SMILES string of the molecule is Cc1csc(CN)c1S(=O)(=O)N1CCCCCCC1. The zero-order valence-corrected chi connectivity index (χ0v) is 13.0. The lowest BCUT2D eigenvalue weighted by atomic mass is 10.1. The molecule has 0 aromatic carbocycles. The summed E-state index contributed by atoms with van der Waals surface area (Å²) in [6, 6.07) is 0. The molecule has 0 spiro atoms. The van der Waals surface area contributed by atoms with Crippen LogP contribution < -0.4 is 5.73 Å². The maximum Gasteiger partial charge on any atom is 0.244 e. The van der Waals surface area contributed by atoms with Gasteiger partial charge in [0.2, 0.25) is 10.0 Å². The lowest BCUT2D eigenvalue weighted by Gasteiger charge is -2.24. The number of hydrogen-bond acceptors (Lipinski definition) is 4. The first-order valence-corrected chi connectivity index (χ1v) is 9.16. The fraction of sp³-hybridized carbons (Fsp3) is 0.692. The van der Waals surface area contributed by atoms with E-state index in [0.29, 0.717) is 24.5 Å². The van der Waals surface area contributed by atoms with Crippen LogP contribution in [0.4, 0.5) is 0 Å². The highest BCUT2D eigenvalue weighted by atomic mass is 32.2. The Labute approximate surface area is 119 Å². The van der Waals surface area contributed by atoms with Gasteiger partial charge in [-0.15, -0.1) is 11.3 Å². The maximum absolute atomic E-state index is 12.8. The molecule has 0 saturated carbocycles. The topological polar surface area (TPSA) is 63.4 Å². The van der Waals surface area contributed by atoms with E-state index in [1.807, 2.05) is 12.3 Å². The van der Waals surface area contributed by atoms with Gasteiger partial charge in [0.15, 0.2) is 0 Å². The lowest BCUT2D eigenvalue weighted by molar-refractivity contribution is 0.364. The van der Waals surface area contributed by atoms with E-state index in [0.717, 1.165) is 36.1 Å². The zero-order valence-electron chi connectivity index (χ0n) is 11.4. The van der Waals surface area contributed by atoms with Gasteiger partial charge in [0.25, 0.3) is 0 Å². The minimum atomic E-state index is -3.37. The molecular weight excluding hydrogens is 280 g/mol. The molecule has 0 bridgehead atoms. The van der Waals surface area contributed by atoms with Gasteiger partial charge in [-0.05, 0) is 30.7 Å². The van der Waals surface area contributed by atoms with Crippen LogP contribution in [0.5, 0.6) is 0 Å². The number of rotatable bonds is 3. The predicted molar refractivity (Wildman–Crippen MR) is 78.8 cm³/mol. The summed E-state index contributed by atoms with van der Waals surface area (Å²) in [5, 5.41) is 1.89. The quantitative estimate of drug-likeness (QED) is 0.933. The van der Waals surface area contributed by atoms with Crippen molar-refractivity contribution < 1.29 is 8.42 Å². The molecule has 1 aliphatic heterocycles. The summed E-state index contributed by atoms with van der Waals surface area (Å²) in [6.45, 7) is 3.43. The average Bonchev–Trinajstić information content (AvgIpc) is 2.70. The highest BCUT2D eigenvalue weighted by Crippen LogP contribution is 2.30. The fourth-order valence-corrected chi connectivity index (χ4v) is 5.73. The van der Waals surface area contributed by atoms with Crippen molar-refractivity contribution in [1.29, 1.82) is 0 Å². The molecule has 0 atom stereocenters. The van der Waals surface area contributed by atoms with Gasteiger partial charge in [-0.3, -0.25) is 0 Å². The summed E-state index contributed by atoms with van der Waals surface area (Å²) >= 11 is 1.45. The molecule has 0 amide bonds. The molecule has 1 aromatic rings. The molecule has 0 unspecified atom stereocenters. The number of aryl methyl sites for hydroxylation is 1. The minimum absolute atomic E-state index is 0.293. The normalized spacial score (nSPS) is 19.1. The second-order valence-electron chi connectivity index (χ2n) is 5.05. The fourth-order valence-electron chi connectivity index (χ4n) is 2.56. The molecule has 108 valence electrons.